The average molecular weight is 430 g/mol. The summed E-state index contributed by atoms with van der Waals surface area (Å²) >= 11 is 1.25. The topological polar surface area (TPSA) is 123 Å². The molecule has 0 aromatic carbocycles. The fourth-order valence-electron chi connectivity index (χ4n) is 3.36. The standard InChI is InChI=1S/C19H23N7O3S/c1-2-26-18-14(11-21-26)17(23-12-4-7-29-8-5-12)15(10-20-18)19(28)25-24-16(27)9-13-3-6-22-30-13/h3,6,10-12H,2,4-5,7-9H2,1H3,(H,20,23)(H,24,27)(H,25,28). The Morgan fingerprint density at radius 2 is 2.10 bits per heavy atom. The van der Waals surface area contributed by atoms with Crippen LogP contribution >= 0.6 is 11.5 Å². The van der Waals surface area contributed by atoms with Gasteiger partial charge in [0.25, 0.3) is 5.91 Å². The predicted molar refractivity (Wildman–Crippen MR) is 112 cm³/mol. The van der Waals surface area contributed by atoms with Crippen LogP contribution in [0.3, 0.4) is 0 Å². The summed E-state index contributed by atoms with van der Waals surface area (Å²) in [7, 11) is 0. The molecule has 1 fully saturated rings. The summed E-state index contributed by atoms with van der Waals surface area (Å²) in [5.41, 5.74) is 6.67. The molecule has 11 heteroatoms. The number of hydrogen-bond donors (Lipinski definition) is 3. The molecule has 0 bridgehead atoms. The summed E-state index contributed by atoms with van der Waals surface area (Å²) in [5.74, 6) is -0.764. The van der Waals surface area contributed by atoms with Crippen LogP contribution in [-0.2, 0) is 22.5 Å². The van der Waals surface area contributed by atoms with E-state index in [-0.39, 0.29) is 18.4 Å². The Labute approximate surface area is 177 Å². The minimum Gasteiger partial charge on any atom is -0.381 e. The summed E-state index contributed by atoms with van der Waals surface area (Å²) in [5, 5.41) is 8.62. The van der Waals surface area contributed by atoms with Crippen molar-refractivity contribution in [3.63, 3.8) is 0 Å². The van der Waals surface area contributed by atoms with Gasteiger partial charge in [0.15, 0.2) is 5.65 Å². The van der Waals surface area contributed by atoms with Gasteiger partial charge in [-0.2, -0.15) is 5.10 Å². The molecule has 0 aliphatic carbocycles. The van der Waals surface area contributed by atoms with E-state index < -0.39 is 5.91 Å². The monoisotopic (exact) mass is 429 g/mol. The predicted octanol–water partition coefficient (Wildman–Crippen LogP) is 1.50. The van der Waals surface area contributed by atoms with Crippen molar-refractivity contribution in [3.8, 4) is 0 Å². The zero-order valence-corrected chi connectivity index (χ0v) is 17.4. The van der Waals surface area contributed by atoms with E-state index in [9.17, 15) is 9.59 Å². The number of aryl methyl sites for hydroxylation is 1. The lowest BCUT2D eigenvalue weighted by Crippen LogP contribution is -2.42. The zero-order valence-electron chi connectivity index (χ0n) is 16.6. The Balaban J connectivity index is 1.54. The van der Waals surface area contributed by atoms with Crippen LogP contribution in [0.25, 0.3) is 11.0 Å². The maximum absolute atomic E-state index is 12.9. The summed E-state index contributed by atoms with van der Waals surface area (Å²) < 4.78 is 11.2. The van der Waals surface area contributed by atoms with Crippen molar-refractivity contribution in [1.29, 1.82) is 0 Å². The van der Waals surface area contributed by atoms with Gasteiger partial charge in [0, 0.05) is 43.1 Å². The number of anilines is 1. The van der Waals surface area contributed by atoms with Gasteiger partial charge in [0.2, 0.25) is 5.91 Å². The first-order chi connectivity index (χ1) is 14.7. The lowest BCUT2D eigenvalue weighted by atomic mass is 10.1. The number of amides is 2. The second-order valence-electron chi connectivity index (χ2n) is 6.93. The summed E-state index contributed by atoms with van der Waals surface area (Å²) in [4.78, 5) is 30.2. The third kappa shape index (κ3) is 4.41. The third-order valence-corrected chi connectivity index (χ3v) is 5.66. The molecule has 1 aliphatic heterocycles. The summed E-state index contributed by atoms with van der Waals surface area (Å²) in [6.45, 7) is 4.01. The first-order valence-corrected chi connectivity index (χ1v) is 10.6. The SMILES string of the molecule is CCn1ncc2c(NC3CCOCC3)c(C(=O)NNC(=O)Cc3ccns3)cnc21. The van der Waals surface area contributed by atoms with Crippen molar-refractivity contribution in [3.05, 3.63) is 35.1 Å². The van der Waals surface area contributed by atoms with E-state index in [0.29, 0.717) is 36.7 Å². The van der Waals surface area contributed by atoms with Crippen molar-refractivity contribution in [2.45, 2.75) is 38.8 Å². The highest BCUT2D eigenvalue weighted by Crippen LogP contribution is 2.28. The van der Waals surface area contributed by atoms with Gasteiger partial charge in [-0.3, -0.25) is 20.4 Å². The van der Waals surface area contributed by atoms with Crippen molar-refractivity contribution < 1.29 is 14.3 Å². The second kappa shape index (κ2) is 9.18. The van der Waals surface area contributed by atoms with E-state index in [4.69, 9.17) is 4.74 Å². The molecule has 30 heavy (non-hydrogen) atoms. The molecule has 10 nitrogen and oxygen atoms in total. The first kappa shape index (κ1) is 20.2. The van der Waals surface area contributed by atoms with Crippen LogP contribution in [0, 0.1) is 0 Å². The maximum atomic E-state index is 12.9. The highest BCUT2D eigenvalue weighted by atomic mass is 32.1. The molecule has 1 aliphatic rings. The number of rotatable bonds is 6. The molecular weight excluding hydrogens is 406 g/mol. The van der Waals surface area contributed by atoms with Gasteiger partial charge in [-0.25, -0.2) is 14.0 Å². The number of ether oxygens (including phenoxy) is 1. The average Bonchev–Trinajstić information content (AvgIpc) is 3.42. The van der Waals surface area contributed by atoms with E-state index in [0.717, 1.165) is 23.1 Å². The number of pyridine rings is 1. The molecule has 0 spiro atoms. The molecule has 4 rings (SSSR count). The van der Waals surface area contributed by atoms with Crippen LogP contribution in [0.1, 0.15) is 35.0 Å². The van der Waals surface area contributed by atoms with Crippen LogP contribution in [0.4, 0.5) is 5.69 Å². The van der Waals surface area contributed by atoms with Crippen LogP contribution in [0.2, 0.25) is 0 Å². The number of nitrogens with zero attached hydrogens (tertiary/aromatic N) is 4. The Morgan fingerprint density at radius 3 is 2.83 bits per heavy atom. The number of carbonyl (C=O) groups excluding carboxylic acids is 2. The largest absolute Gasteiger partial charge is 0.381 e. The fraction of sp³-hybridized carbons (Fsp3) is 0.421. The molecule has 4 heterocycles. The van der Waals surface area contributed by atoms with Gasteiger partial charge in [0.05, 0.1) is 29.3 Å². The molecule has 3 aromatic rings. The van der Waals surface area contributed by atoms with Crippen molar-refractivity contribution >= 4 is 40.1 Å². The lowest BCUT2D eigenvalue weighted by Gasteiger charge is -2.25. The maximum Gasteiger partial charge on any atom is 0.273 e. The number of fused-ring (bicyclic) bond motifs is 1. The smallest absolute Gasteiger partial charge is 0.273 e. The second-order valence-corrected chi connectivity index (χ2v) is 7.85. The highest BCUT2D eigenvalue weighted by Gasteiger charge is 2.22. The quantitative estimate of drug-likeness (QED) is 0.508. The van der Waals surface area contributed by atoms with Crippen LogP contribution in [0.5, 0.6) is 0 Å². The van der Waals surface area contributed by atoms with Crippen molar-refractivity contribution in [1.82, 2.24) is 30.0 Å². The van der Waals surface area contributed by atoms with E-state index in [1.807, 2.05) is 6.92 Å². The number of hydrazine groups is 1. The molecule has 2 amide bonds. The Bertz CT molecular complexity index is 1030. The van der Waals surface area contributed by atoms with Crippen LogP contribution in [0.15, 0.2) is 24.7 Å². The van der Waals surface area contributed by atoms with Crippen molar-refractivity contribution in [2.75, 3.05) is 18.5 Å². The molecule has 0 saturated carbocycles. The molecule has 3 aromatic heterocycles. The van der Waals surface area contributed by atoms with E-state index in [1.54, 1.807) is 23.1 Å². The van der Waals surface area contributed by atoms with Gasteiger partial charge >= 0.3 is 0 Å². The molecule has 158 valence electrons. The fourth-order valence-corrected chi connectivity index (χ4v) is 3.94. The van der Waals surface area contributed by atoms with Crippen LogP contribution < -0.4 is 16.2 Å². The minimum atomic E-state index is -0.444. The Hall–Kier alpha value is -3.05. The third-order valence-electron chi connectivity index (χ3n) is 4.92. The van der Waals surface area contributed by atoms with Gasteiger partial charge in [0.1, 0.15) is 0 Å². The van der Waals surface area contributed by atoms with Crippen molar-refractivity contribution in [2.24, 2.45) is 0 Å². The molecule has 0 unspecified atom stereocenters. The summed E-state index contributed by atoms with van der Waals surface area (Å²) in [6.07, 6.45) is 6.71. The van der Waals surface area contributed by atoms with Gasteiger partial charge in [-0.1, -0.05) is 0 Å². The lowest BCUT2D eigenvalue weighted by molar-refractivity contribution is -0.121. The summed E-state index contributed by atoms with van der Waals surface area (Å²) in [6, 6.07) is 1.95. The molecule has 1 saturated heterocycles. The van der Waals surface area contributed by atoms with E-state index in [1.165, 1.54) is 17.7 Å². The number of carbonyl (C=O) groups is 2. The molecule has 3 N–H and O–H groups in total. The minimum absolute atomic E-state index is 0.151. The highest BCUT2D eigenvalue weighted by molar-refractivity contribution is 7.05. The van der Waals surface area contributed by atoms with Gasteiger partial charge in [-0.15, -0.1) is 0 Å². The first-order valence-electron chi connectivity index (χ1n) is 9.83. The van der Waals surface area contributed by atoms with E-state index >= 15 is 0 Å². The van der Waals surface area contributed by atoms with Crippen LogP contribution in [-0.4, -0.2) is 50.2 Å². The van der Waals surface area contributed by atoms with Gasteiger partial charge < -0.3 is 10.1 Å². The Kier molecular flexibility index (Phi) is 6.19. The zero-order chi connectivity index (χ0) is 20.9. The van der Waals surface area contributed by atoms with Gasteiger partial charge in [-0.05, 0) is 37.4 Å². The molecule has 0 atom stereocenters. The number of hydrogen-bond acceptors (Lipinski definition) is 8. The number of nitrogens with one attached hydrogen (secondary N) is 3. The normalized spacial score (nSPS) is 14.6. The molecular formula is C19H23N7O3S. The number of aromatic nitrogens is 4. The van der Waals surface area contributed by atoms with E-state index in [2.05, 4.69) is 30.6 Å². The Morgan fingerprint density at radius 1 is 1.27 bits per heavy atom. The molecule has 0 radical (unpaired) electrons.